The molecule has 106 valence electrons. The molecule has 0 bridgehead atoms. The van der Waals surface area contributed by atoms with E-state index in [9.17, 15) is 0 Å². The molecule has 0 spiro atoms. The molecule has 1 N–H and O–H groups in total. The summed E-state index contributed by atoms with van der Waals surface area (Å²) < 4.78 is 0. The molecule has 1 atom stereocenters. The van der Waals surface area contributed by atoms with Gasteiger partial charge in [-0.25, -0.2) is 0 Å². The molecule has 0 aliphatic carbocycles. The van der Waals surface area contributed by atoms with Gasteiger partial charge in [0.15, 0.2) is 0 Å². The van der Waals surface area contributed by atoms with Gasteiger partial charge in [-0.3, -0.25) is 4.98 Å². The predicted molar refractivity (Wildman–Crippen MR) is 80.2 cm³/mol. The molecule has 1 aromatic heterocycles. The Morgan fingerprint density at radius 3 is 3.00 bits per heavy atom. The van der Waals surface area contributed by atoms with E-state index in [1.54, 1.807) is 0 Å². The van der Waals surface area contributed by atoms with Crippen LogP contribution < -0.4 is 5.32 Å². The Morgan fingerprint density at radius 1 is 1.32 bits per heavy atom. The van der Waals surface area contributed by atoms with E-state index >= 15 is 0 Å². The number of likely N-dealkylation sites (tertiary alicyclic amines) is 1. The Hall–Kier alpha value is -0.930. The molecule has 3 nitrogen and oxygen atoms in total. The highest BCUT2D eigenvalue weighted by molar-refractivity contribution is 5.19. The molecule has 1 unspecified atom stereocenters. The summed E-state index contributed by atoms with van der Waals surface area (Å²) in [5.41, 5.74) is 2.60. The summed E-state index contributed by atoms with van der Waals surface area (Å²) in [6, 6.07) is 4.88. The number of aryl methyl sites for hydroxylation is 1. The molecule has 2 rings (SSSR count). The van der Waals surface area contributed by atoms with Crippen molar-refractivity contribution in [3.05, 3.63) is 29.6 Å². The lowest BCUT2D eigenvalue weighted by molar-refractivity contribution is 0.297. The van der Waals surface area contributed by atoms with Crippen LogP contribution in [0.5, 0.6) is 0 Å². The smallest absolute Gasteiger partial charge is 0.0573 e. The lowest BCUT2D eigenvalue weighted by Gasteiger charge is -2.18. The first-order chi connectivity index (χ1) is 9.33. The maximum atomic E-state index is 4.52. The molecule has 1 saturated heterocycles. The minimum atomic E-state index is 0.656. The van der Waals surface area contributed by atoms with Crippen LogP contribution in [0.15, 0.2) is 18.3 Å². The maximum absolute atomic E-state index is 4.52. The number of pyridine rings is 1. The van der Waals surface area contributed by atoms with Crippen LogP contribution in [0.3, 0.4) is 0 Å². The molecule has 19 heavy (non-hydrogen) atoms. The minimum absolute atomic E-state index is 0.656. The molecular formula is C16H27N3. The highest BCUT2D eigenvalue weighted by atomic mass is 15.1. The summed E-state index contributed by atoms with van der Waals surface area (Å²) in [4.78, 5) is 7.07. The van der Waals surface area contributed by atoms with E-state index in [0.29, 0.717) is 6.04 Å². The SMILES string of the molecule is CCc1cccnc1CNC1CCCN(CC)CC1. The molecule has 0 saturated carbocycles. The molecule has 0 aromatic carbocycles. The van der Waals surface area contributed by atoms with Crippen LogP contribution in [0.25, 0.3) is 0 Å². The van der Waals surface area contributed by atoms with Gasteiger partial charge in [0.25, 0.3) is 0 Å². The average molecular weight is 261 g/mol. The van der Waals surface area contributed by atoms with Crippen LogP contribution in [0.2, 0.25) is 0 Å². The topological polar surface area (TPSA) is 28.2 Å². The first kappa shape index (κ1) is 14.5. The molecule has 0 amide bonds. The van der Waals surface area contributed by atoms with E-state index in [2.05, 4.69) is 35.1 Å². The number of hydrogen-bond acceptors (Lipinski definition) is 3. The van der Waals surface area contributed by atoms with Crippen molar-refractivity contribution in [3.63, 3.8) is 0 Å². The normalized spacial score (nSPS) is 21.3. The van der Waals surface area contributed by atoms with E-state index in [1.165, 1.54) is 50.2 Å². The van der Waals surface area contributed by atoms with Crippen LogP contribution in [0, 0.1) is 0 Å². The van der Waals surface area contributed by atoms with Gasteiger partial charge in [-0.15, -0.1) is 0 Å². The van der Waals surface area contributed by atoms with Crippen molar-refractivity contribution < 1.29 is 0 Å². The third kappa shape index (κ3) is 4.29. The zero-order valence-electron chi connectivity index (χ0n) is 12.4. The minimum Gasteiger partial charge on any atom is -0.308 e. The maximum Gasteiger partial charge on any atom is 0.0573 e. The highest BCUT2D eigenvalue weighted by Crippen LogP contribution is 2.12. The molecular weight excluding hydrogens is 234 g/mol. The van der Waals surface area contributed by atoms with E-state index < -0.39 is 0 Å². The van der Waals surface area contributed by atoms with E-state index in [4.69, 9.17) is 0 Å². The van der Waals surface area contributed by atoms with Gasteiger partial charge in [-0.05, 0) is 56.9 Å². The fourth-order valence-corrected chi connectivity index (χ4v) is 2.87. The predicted octanol–water partition coefficient (Wildman–Crippen LogP) is 2.61. The Morgan fingerprint density at radius 2 is 2.21 bits per heavy atom. The summed E-state index contributed by atoms with van der Waals surface area (Å²) >= 11 is 0. The Balaban J connectivity index is 1.84. The quantitative estimate of drug-likeness (QED) is 0.883. The van der Waals surface area contributed by atoms with Crippen molar-refractivity contribution in [2.24, 2.45) is 0 Å². The van der Waals surface area contributed by atoms with Crippen LogP contribution in [-0.4, -0.2) is 35.6 Å². The van der Waals surface area contributed by atoms with Crippen LogP contribution in [-0.2, 0) is 13.0 Å². The van der Waals surface area contributed by atoms with Gasteiger partial charge in [0.05, 0.1) is 5.69 Å². The van der Waals surface area contributed by atoms with Crippen molar-refractivity contribution in [2.45, 2.75) is 52.1 Å². The van der Waals surface area contributed by atoms with Crippen LogP contribution >= 0.6 is 0 Å². The third-order valence-electron chi connectivity index (χ3n) is 4.19. The summed E-state index contributed by atoms with van der Waals surface area (Å²) in [6.45, 7) is 9.06. The van der Waals surface area contributed by atoms with Crippen molar-refractivity contribution in [2.75, 3.05) is 19.6 Å². The molecule has 1 fully saturated rings. The second-order valence-corrected chi connectivity index (χ2v) is 5.41. The van der Waals surface area contributed by atoms with Crippen molar-refractivity contribution >= 4 is 0 Å². The van der Waals surface area contributed by atoms with E-state index in [-0.39, 0.29) is 0 Å². The first-order valence-corrected chi connectivity index (χ1v) is 7.72. The van der Waals surface area contributed by atoms with Crippen LogP contribution in [0.1, 0.15) is 44.4 Å². The van der Waals surface area contributed by atoms with Crippen molar-refractivity contribution in [1.29, 1.82) is 0 Å². The van der Waals surface area contributed by atoms with Gasteiger partial charge >= 0.3 is 0 Å². The molecule has 0 radical (unpaired) electrons. The summed E-state index contributed by atoms with van der Waals surface area (Å²) in [5, 5.41) is 3.71. The van der Waals surface area contributed by atoms with Crippen molar-refractivity contribution in [1.82, 2.24) is 15.2 Å². The Bertz CT molecular complexity index is 378. The van der Waals surface area contributed by atoms with Gasteiger partial charge in [0, 0.05) is 18.8 Å². The van der Waals surface area contributed by atoms with Gasteiger partial charge in [0.2, 0.25) is 0 Å². The Kier molecular flexibility index (Phi) is 5.80. The van der Waals surface area contributed by atoms with Gasteiger partial charge in [-0.1, -0.05) is 19.9 Å². The highest BCUT2D eigenvalue weighted by Gasteiger charge is 2.15. The molecule has 2 heterocycles. The standard InChI is InChI=1S/C16H27N3/c1-3-14-7-5-10-17-16(14)13-18-15-8-6-11-19(4-2)12-9-15/h5,7,10,15,18H,3-4,6,8-9,11-13H2,1-2H3. The third-order valence-corrected chi connectivity index (χ3v) is 4.19. The van der Waals surface area contributed by atoms with E-state index in [0.717, 1.165) is 13.0 Å². The molecule has 1 aromatic rings. The number of nitrogens with zero attached hydrogens (tertiary/aromatic N) is 2. The summed E-state index contributed by atoms with van der Waals surface area (Å²) in [6.07, 6.45) is 6.85. The van der Waals surface area contributed by atoms with Crippen molar-refractivity contribution in [3.8, 4) is 0 Å². The zero-order valence-corrected chi connectivity index (χ0v) is 12.4. The summed E-state index contributed by atoms with van der Waals surface area (Å²) in [5.74, 6) is 0. The zero-order chi connectivity index (χ0) is 13.5. The number of aromatic nitrogens is 1. The van der Waals surface area contributed by atoms with Gasteiger partial charge < -0.3 is 10.2 Å². The van der Waals surface area contributed by atoms with Gasteiger partial charge in [0.1, 0.15) is 0 Å². The second-order valence-electron chi connectivity index (χ2n) is 5.41. The monoisotopic (exact) mass is 261 g/mol. The average Bonchev–Trinajstić information content (AvgIpc) is 2.70. The molecule has 1 aliphatic heterocycles. The first-order valence-electron chi connectivity index (χ1n) is 7.72. The second kappa shape index (κ2) is 7.61. The lowest BCUT2D eigenvalue weighted by atomic mass is 10.1. The number of nitrogens with one attached hydrogen (secondary N) is 1. The fourth-order valence-electron chi connectivity index (χ4n) is 2.87. The van der Waals surface area contributed by atoms with Gasteiger partial charge in [-0.2, -0.15) is 0 Å². The number of hydrogen-bond donors (Lipinski definition) is 1. The lowest BCUT2D eigenvalue weighted by Crippen LogP contribution is -2.31. The Labute approximate surface area is 117 Å². The van der Waals surface area contributed by atoms with Crippen LogP contribution in [0.4, 0.5) is 0 Å². The van der Waals surface area contributed by atoms with E-state index in [1.807, 2.05) is 12.3 Å². The fraction of sp³-hybridized carbons (Fsp3) is 0.688. The number of rotatable bonds is 5. The molecule has 3 heteroatoms. The largest absolute Gasteiger partial charge is 0.308 e. The summed E-state index contributed by atoms with van der Waals surface area (Å²) in [7, 11) is 0. The molecule has 1 aliphatic rings.